The summed E-state index contributed by atoms with van der Waals surface area (Å²) in [5.74, 6) is 0.601. The molecule has 4 rings (SSSR count). The lowest BCUT2D eigenvalue weighted by Crippen LogP contribution is -2.41. The number of nitrogens with zero attached hydrogens (tertiary/aromatic N) is 1. The summed E-state index contributed by atoms with van der Waals surface area (Å²) in [6.45, 7) is 5.96. The van der Waals surface area contributed by atoms with Crippen LogP contribution in [0.25, 0.3) is 10.1 Å². The van der Waals surface area contributed by atoms with E-state index in [1.54, 1.807) is 0 Å². The number of likely N-dealkylation sites (tertiary alicyclic amines) is 1. The highest BCUT2D eigenvalue weighted by atomic mass is 32.1. The van der Waals surface area contributed by atoms with Crippen molar-refractivity contribution >= 4 is 40.8 Å². The molecule has 2 heterocycles. The summed E-state index contributed by atoms with van der Waals surface area (Å²) in [5, 5.41) is 2.04. The summed E-state index contributed by atoms with van der Waals surface area (Å²) >= 11 is 1.54. The molecule has 1 aliphatic rings. The third-order valence-corrected chi connectivity index (χ3v) is 8.71. The molecule has 1 aromatic heterocycles. The third kappa shape index (κ3) is 4.16. The Balaban J connectivity index is 1.50. The van der Waals surface area contributed by atoms with Crippen LogP contribution in [0, 0.1) is 0 Å². The standard InChI is InChI=1S/C23H28N2O2SSi/c1-29(2,27)22-8-4-7-20-19(22)14-21(28-20)23(26)25-11-9-17(10-12-25)18-6-3-5-16(13-18)15-24/h3-8,13-14,17,27H,9-12,15,24H2,1-2H3. The van der Waals surface area contributed by atoms with E-state index in [1.807, 2.05) is 42.3 Å². The Kier molecular flexibility index (Phi) is 5.62. The molecule has 1 saturated heterocycles. The summed E-state index contributed by atoms with van der Waals surface area (Å²) in [6, 6.07) is 16.5. The van der Waals surface area contributed by atoms with Gasteiger partial charge in [0.25, 0.3) is 5.91 Å². The fourth-order valence-corrected chi connectivity index (χ4v) is 6.76. The van der Waals surface area contributed by atoms with Gasteiger partial charge >= 0.3 is 0 Å². The van der Waals surface area contributed by atoms with Gasteiger partial charge in [0, 0.05) is 24.3 Å². The maximum atomic E-state index is 13.1. The van der Waals surface area contributed by atoms with Gasteiger partial charge in [-0.25, -0.2) is 0 Å². The van der Waals surface area contributed by atoms with Crippen molar-refractivity contribution in [1.82, 2.24) is 4.90 Å². The third-order valence-electron chi connectivity index (χ3n) is 5.87. The van der Waals surface area contributed by atoms with Crippen LogP contribution < -0.4 is 10.9 Å². The molecule has 1 fully saturated rings. The molecule has 1 aliphatic heterocycles. The van der Waals surface area contributed by atoms with Crippen LogP contribution in [0.4, 0.5) is 0 Å². The molecule has 152 valence electrons. The number of carbonyl (C=O) groups excluding carboxylic acids is 1. The molecule has 0 spiro atoms. The van der Waals surface area contributed by atoms with Crippen LogP contribution in [0.5, 0.6) is 0 Å². The predicted octanol–water partition coefficient (Wildman–Crippen LogP) is 3.78. The molecule has 0 radical (unpaired) electrons. The second kappa shape index (κ2) is 8.03. The molecule has 0 saturated carbocycles. The van der Waals surface area contributed by atoms with E-state index in [0.29, 0.717) is 12.5 Å². The highest BCUT2D eigenvalue weighted by Crippen LogP contribution is 2.31. The van der Waals surface area contributed by atoms with E-state index in [1.165, 1.54) is 16.9 Å². The molecular weight excluding hydrogens is 396 g/mol. The van der Waals surface area contributed by atoms with E-state index >= 15 is 0 Å². The minimum Gasteiger partial charge on any atom is -0.428 e. The fraction of sp³-hybridized carbons (Fsp3) is 0.348. The number of hydrogen-bond donors (Lipinski definition) is 2. The van der Waals surface area contributed by atoms with Crippen molar-refractivity contribution in [3.8, 4) is 0 Å². The lowest BCUT2D eigenvalue weighted by Gasteiger charge is -2.32. The fourth-order valence-electron chi connectivity index (χ4n) is 4.25. The zero-order valence-corrected chi connectivity index (χ0v) is 18.8. The van der Waals surface area contributed by atoms with Crippen LogP contribution in [0.3, 0.4) is 0 Å². The molecule has 29 heavy (non-hydrogen) atoms. The summed E-state index contributed by atoms with van der Waals surface area (Å²) < 4.78 is 1.08. The first-order valence-electron chi connectivity index (χ1n) is 10.2. The Bertz CT molecular complexity index is 1030. The second-order valence-electron chi connectivity index (χ2n) is 8.40. The van der Waals surface area contributed by atoms with Crippen LogP contribution in [0.1, 0.15) is 39.6 Å². The minimum absolute atomic E-state index is 0.115. The zero-order chi connectivity index (χ0) is 20.6. The number of nitrogens with two attached hydrogens (primary N) is 1. The van der Waals surface area contributed by atoms with Crippen molar-refractivity contribution in [2.75, 3.05) is 13.1 Å². The Labute approximate surface area is 177 Å². The minimum atomic E-state index is -2.44. The molecule has 0 aliphatic carbocycles. The van der Waals surface area contributed by atoms with E-state index in [2.05, 4.69) is 24.3 Å². The average molecular weight is 425 g/mol. The summed E-state index contributed by atoms with van der Waals surface area (Å²) in [4.78, 5) is 26.5. The van der Waals surface area contributed by atoms with Gasteiger partial charge in [0.1, 0.15) is 0 Å². The molecule has 2 aromatic carbocycles. The first-order chi connectivity index (χ1) is 13.9. The highest BCUT2D eigenvalue weighted by Gasteiger charge is 2.28. The Morgan fingerprint density at radius 2 is 1.90 bits per heavy atom. The van der Waals surface area contributed by atoms with E-state index < -0.39 is 8.32 Å². The zero-order valence-electron chi connectivity index (χ0n) is 17.0. The number of benzene rings is 2. The summed E-state index contributed by atoms with van der Waals surface area (Å²) in [7, 11) is -2.44. The van der Waals surface area contributed by atoms with Gasteiger partial charge < -0.3 is 15.4 Å². The Morgan fingerprint density at radius 1 is 1.17 bits per heavy atom. The van der Waals surface area contributed by atoms with Crippen molar-refractivity contribution < 1.29 is 9.59 Å². The van der Waals surface area contributed by atoms with Gasteiger partial charge in [-0.3, -0.25) is 4.79 Å². The predicted molar refractivity (Wildman–Crippen MR) is 123 cm³/mol. The Hall–Kier alpha value is -1.99. The van der Waals surface area contributed by atoms with Crippen LogP contribution in [-0.4, -0.2) is 37.0 Å². The van der Waals surface area contributed by atoms with Gasteiger partial charge in [-0.15, -0.1) is 11.3 Å². The second-order valence-corrected chi connectivity index (χ2v) is 13.1. The van der Waals surface area contributed by atoms with Gasteiger partial charge in [0.05, 0.1) is 4.88 Å². The van der Waals surface area contributed by atoms with Crippen LogP contribution in [0.2, 0.25) is 13.1 Å². The quantitative estimate of drug-likeness (QED) is 0.626. The number of hydrogen-bond acceptors (Lipinski definition) is 4. The van der Waals surface area contributed by atoms with Gasteiger partial charge in [0.15, 0.2) is 0 Å². The normalized spacial score (nSPS) is 15.8. The van der Waals surface area contributed by atoms with Crippen molar-refractivity contribution in [2.45, 2.75) is 38.4 Å². The molecule has 0 unspecified atom stereocenters. The Morgan fingerprint density at radius 3 is 2.59 bits per heavy atom. The lowest BCUT2D eigenvalue weighted by molar-refractivity contribution is 0.0718. The van der Waals surface area contributed by atoms with E-state index in [9.17, 15) is 9.59 Å². The first-order valence-corrected chi connectivity index (χ1v) is 14.0. The van der Waals surface area contributed by atoms with E-state index in [-0.39, 0.29) is 5.91 Å². The van der Waals surface area contributed by atoms with Crippen molar-refractivity contribution in [2.24, 2.45) is 5.73 Å². The van der Waals surface area contributed by atoms with Crippen molar-refractivity contribution in [3.63, 3.8) is 0 Å². The largest absolute Gasteiger partial charge is 0.428 e. The molecular formula is C23H28N2O2SSi. The van der Waals surface area contributed by atoms with Crippen molar-refractivity contribution in [1.29, 1.82) is 0 Å². The molecule has 3 aromatic rings. The topological polar surface area (TPSA) is 66.6 Å². The summed E-state index contributed by atoms with van der Waals surface area (Å²) in [5.41, 5.74) is 8.28. The van der Waals surface area contributed by atoms with Crippen LogP contribution >= 0.6 is 11.3 Å². The molecule has 0 bridgehead atoms. The first kappa shape index (κ1) is 20.3. The van der Waals surface area contributed by atoms with Gasteiger partial charge in [-0.1, -0.05) is 36.4 Å². The van der Waals surface area contributed by atoms with E-state index in [4.69, 9.17) is 5.73 Å². The molecule has 1 amide bonds. The number of amides is 1. The number of fused-ring (bicyclic) bond motifs is 1. The number of rotatable bonds is 4. The number of thiophene rings is 1. The van der Waals surface area contributed by atoms with Crippen LogP contribution in [-0.2, 0) is 6.54 Å². The highest BCUT2D eigenvalue weighted by molar-refractivity contribution is 7.21. The smallest absolute Gasteiger partial charge is 0.263 e. The van der Waals surface area contributed by atoms with Gasteiger partial charge in [-0.2, -0.15) is 0 Å². The maximum absolute atomic E-state index is 13.1. The van der Waals surface area contributed by atoms with Gasteiger partial charge in [-0.05, 0) is 65.7 Å². The lowest BCUT2D eigenvalue weighted by atomic mass is 9.88. The maximum Gasteiger partial charge on any atom is 0.263 e. The molecule has 4 nitrogen and oxygen atoms in total. The van der Waals surface area contributed by atoms with Crippen LogP contribution in [0.15, 0.2) is 48.5 Å². The monoisotopic (exact) mass is 424 g/mol. The summed E-state index contributed by atoms with van der Waals surface area (Å²) in [6.07, 6.45) is 1.96. The van der Waals surface area contributed by atoms with Gasteiger partial charge in [0.2, 0.25) is 8.32 Å². The molecule has 0 atom stereocenters. The molecule has 6 heteroatoms. The number of piperidine rings is 1. The number of carbonyl (C=O) groups is 1. The SMILES string of the molecule is C[Si](C)(O)c1cccc2sc(C(=O)N3CCC(c4cccc(CN)c4)CC3)cc12. The molecule has 3 N–H and O–H groups in total. The average Bonchev–Trinajstić information content (AvgIpc) is 3.17. The van der Waals surface area contributed by atoms with E-state index in [0.717, 1.165) is 51.6 Å². The van der Waals surface area contributed by atoms with Crippen molar-refractivity contribution in [3.05, 3.63) is 64.5 Å².